The van der Waals surface area contributed by atoms with Crippen LogP contribution in [0.5, 0.6) is 0 Å². The van der Waals surface area contributed by atoms with Crippen molar-refractivity contribution in [2.24, 2.45) is 18.9 Å². The van der Waals surface area contributed by atoms with Gasteiger partial charge in [-0.05, 0) is 43.2 Å². The number of imidazole rings is 2. The Morgan fingerprint density at radius 3 is 2.58 bits per heavy atom. The Bertz CT molecular complexity index is 1270. The van der Waals surface area contributed by atoms with Gasteiger partial charge in [-0.2, -0.15) is 4.98 Å². The summed E-state index contributed by atoms with van der Waals surface area (Å²) in [6, 6.07) is 6.84. The molecule has 5 rings (SSSR count). The van der Waals surface area contributed by atoms with Crippen molar-refractivity contribution in [3.8, 4) is 11.3 Å². The molecule has 33 heavy (non-hydrogen) atoms. The zero-order valence-electron chi connectivity index (χ0n) is 19.9. The van der Waals surface area contributed by atoms with E-state index in [1.54, 1.807) is 6.33 Å². The van der Waals surface area contributed by atoms with Crippen molar-refractivity contribution in [2.75, 3.05) is 24.6 Å². The van der Waals surface area contributed by atoms with E-state index in [2.05, 4.69) is 53.4 Å². The molecule has 0 bridgehead atoms. The summed E-state index contributed by atoms with van der Waals surface area (Å²) in [5.74, 6) is 1.64. The molecule has 8 nitrogen and oxygen atoms in total. The van der Waals surface area contributed by atoms with E-state index in [1.807, 2.05) is 17.9 Å². The predicted molar refractivity (Wildman–Crippen MR) is 131 cm³/mol. The van der Waals surface area contributed by atoms with Gasteiger partial charge in [-0.25, -0.2) is 15.0 Å². The van der Waals surface area contributed by atoms with E-state index in [-0.39, 0.29) is 6.61 Å². The molecule has 0 amide bonds. The molecule has 1 aromatic carbocycles. The highest BCUT2D eigenvalue weighted by Gasteiger charge is 2.23. The van der Waals surface area contributed by atoms with Gasteiger partial charge < -0.3 is 19.1 Å². The Morgan fingerprint density at radius 1 is 1.09 bits per heavy atom. The highest BCUT2D eigenvalue weighted by Crippen LogP contribution is 2.32. The summed E-state index contributed by atoms with van der Waals surface area (Å²) in [6.45, 7) is 8.71. The minimum Gasteiger partial charge on any atom is -0.396 e. The Hall–Kier alpha value is -3.00. The number of hydrogen-bond acceptors (Lipinski definition) is 6. The summed E-state index contributed by atoms with van der Waals surface area (Å²) in [6.07, 6.45) is 6.75. The lowest BCUT2D eigenvalue weighted by Gasteiger charge is -2.31. The first-order valence-electron chi connectivity index (χ1n) is 12.0. The van der Waals surface area contributed by atoms with Crippen molar-refractivity contribution in [3.63, 3.8) is 0 Å². The maximum atomic E-state index is 9.49. The van der Waals surface area contributed by atoms with E-state index >= 15 is 0 Å². The van der Waals surface area contributed by atoms with Gasteiger partial charge in [-0.3, -0.25) is 0 Å². The fourth-order valence-corrected chi connectivity index (χ4v) is 5.09. The summed E-state index contributed by atoms with van der Waals surface area (Å²) in [7, 11) is 1.97. The number of fused-ring (bicyclic) bond motifs is 2. The molecule has 0 aliphatic carbocycles. The zero-order valence-corrected chi connectivity index (χ0v) is 19.9. The molecule has 1 N–H and O–H groups in total. The number of anilines is 1. The Morgan fingerprint density at radius 2 is 1.88 bits per heavy atom. The molecule has 174 valence electrons. The minimum atomic E-state index is 0.253. The fraction of sp³-hybridized carbons (Fsp3) is 0.520. The molecule has 0 radical (unpaired) electrons. The van der Waals surface area contributed by atoms with Gasteiger partial charge in [-0.15, -0.1) is 0 Å². The topological polar surface area (TPSA) is 84.9 Å². The van der Waals surface area contributed by atoms with Gasteiger partial charge >= 0.3 is 0 Å². The maximum absolute atomic E-state index is 9.49. The van der Waals surface area contributed by atoms with Crippen molar-refractivity contribution < 1.29 is 5.11 Å². The third-order valence-corrected chi connectivity index (χ3v) is 7.10. The molecule has 1 unspecified atom stereocenters. The van der Waals surface area contributed by atoms with Gasteiger partial charge in [0.1, 0.15) is 11.2 Å². The van der Waals surface area contributed by atoms with Crippen LogP contribution in [-0.4, -0.2) is 53.9 Å². The highest BCUT2D eigenvalue weighted by molar-refractivity contribution is 5.91. The molecule has 1 atom stereocenters. The third-order valence-electron chi connectivity index (χ3n) is 7.10. The quantitative estimate of drug-likeness (QED) is 0.477. The monoisotopic (exact) mass is 447 g/mol. The first-order chi connectivity index (χ1) is 16.0. The van der Waals surface area contributed by atoms with Crippen LogP contribution in [0.4, 0.5) is 5.95 Å². The van der Waals surface area contributed by atoms with Crippen LogP contribution in [0.2, 0.25) is 0 Å². The number of benzene rings is 1. The van der Waals surface area contributed by atoms with Crippen LogP contribution in [-0.2, 0) is 7.05 Å². The van der Waals surface area contributed by atoms with Crippen LogP contribution in [0.25, 0.3) is 33.5 Å². The third kappa shape index (κ3) is 3.86. The second-order valence-corrected chi connectivity index (χ2v) is 9.59. The van der Waals surface area contributed by atoms with E-state index in [1.165, 1.54) is 0 Å². The molecular formula is C25H33N7O. The number of nitrogens with zero attached hydrogens (tertiary/aromatic N) is 7. The predicted octanol–water partition coefficient (Wildman–Crippen LogP) is 4.20. The smallest absolute Gasteiger partial charge is 0.228 e. The van der Waals surface area contributed by atoms with E-state index in [9.17, 15) is 5.11 Å². The standard InChI is InChI=1S/C25H33N7O/c1-5-20(16(2)3)32-15-26-19-12-18(6-7-21(19)32)22-23-24(30(4)14-27-23)29-25(28-22)31-10-8-17(13-33)9-11-31/h6-7,12,14-17,20,33H,5,8-11,13H2,1-4H3. The number of aryl methyl sites for hydroxylation is 1. The van der Waals surface area contributed by atoms with Crippen molar-refractivity contribution in [1.29, 1.82) is 0 Å². The lowest BCUT2D eigenvalue weighted by Crippen LogP contribution is -2.36. The number of aromatic nitrogens is 6. The molecule has 0 spiro atoms. The van der Waals surface area contributed by atoms with Crippen LogP contribution >= 0.6 is 0 Å². The number of rotatable bonds is 6. The molecule has 4 heterocycles. The Labute approximate surface area is 194 Å². The number of piperidine rings is 1. The molecule has 0 saturated carbocycles. The maximum Gasteiger partial charge on any atom is 0.228 e. The molecule has 1 aliphatic heterocycles. The number of aliphatic hydroxyl groups excluding tert-OH is 1. The lowest BCUT2D eigenvalue weighted by atomic mass is 9.98. The largest absolute Gasteiger partial charge is 0.396 e. The average molecular weight is 448 g/mol. The van der Waals surface area contributed by atoms with E-state index in [0.29, 0.717) is 17.9 Å². The van der Waals surface area contributed by atoms with E-state index in [4.69, 9.17) is 15.0 Å². The normalized spacial score (nSPS) is 16.4. The van der Waals surface area contributed by atoms with Crippen molar-refractivity contribution in [1.82, 2.24) is 29.1 Å². The van der Waals surface area contributed by atoms with Crippen molar-refractivity contribution in [3.05, 3.63) is 30.9 Å². The van der Waals surface area contributed by atoms with Gasteiger partial charge in [0, 0.05) is 38.3 Å². The van der Waals surface area contributed by atoms with Gasteiger partial charge in [0.25, 0.3) is 0 Å². The summed E-state index contributed by atoms with van der Waals surface area (Å²) >= 11 is 0. The van der Waals surface area contributed by atoms with Crippen LogP contribution < -0.4 is 4.90 Å². The Balaban J connectivity index is 1.58. The summed E-state index contributed by atoms with van der Waals surface area (Å²) < 4.78 is 4.25. The number of hydrogen-bond donors (Lipinski definition) is 1. The molecule has 3 aromatic heterocycles. The first-order valence-corrected chi connectivity index (χ1v) is 12.0. The highest BCUT2D eigenvalue weighted by atomic mass is 16.3. The molecule has 1 saturated heterocycles. The second-order valence-electron chi connectivity index (χ2n) is 9.59. The van der Waals surface area contributed by atoms with Crippen LogP contribution in [0.3, 0.4) is 0 Å². The number of aliphatic hydroxyl groups is 1. The summed E-state index contributed by atoms with van der Waals surface area (Å²) in [4.78, 5) is 21.4. The molecule has 4 aromatic rings. The molecule has 1 aliphatic rings. The van der Waals surface area contributed by atoms with Crippen LogP contribution in [0, 0.1) is 11.8 Å². The van der Waals surface area contributed by atoms with E-state index in [0.717, 1.165) is 71.8 Å². The van der Waals surface area contributed by atoms with Crippen LogP contribution in [0.15, 0.2) is 30.9 Å². The van der Waals surface area contributed by atoms with Crippen molar-refractivity contribution in [2.45, 2.75) is 46.1 Å². The van der Waals surface area contributed by atoms with Gasteiger partial charge in [0.05, 0.1) is 23.7 Å². The minimum absolute atomic E-state index is 0.253. The zero-order chi connectivity index (χ0) is 23.1. The van der Waals surface area contributed by atoms with Crippen LogP contribution in [0.1, 0.15) is 46.1 Å². The summed E-state index contributed by atoms with van der Waals surface area (Å²) in [5, 5.41) is 9.49. The summed E-state index contributed by atoms with van der Waals surface area (Å²) in [5.41, 5.74) is 5.60. The molecule has 8 heteroatoms. The fourth-order valence-electron chi connectivity index (χ4n) is 5.09. The van der Waals surface area contributed by atoms with E-state index < -0.39 is 0 Å². The second kappa shape index (κ2) is 8.74. The molecule has 1 fully saturated rings. The van der Waals surface area contributed by atoms with Gasteiger partial charge in [-0.1, -0.05) is 26.8 Å². The van der Waals surface area contributed by atoms with Crippen molar-refractivity contribution >= 4 is 28.1 Å². The lowest BCUT2D eigenvalue weighted by molar-refractivity contribution is 0.202. The first kappa shape index (κ1) is 21.8. The van der Waals surface area contributed by atoms with Gasteiger partial charge in [0.15, 0.2) is 5.65 Å². The molecular weight excluding hydrogens is 414 g/mol. The Kier molecular flexibility index (Phi) is 5.78. The SMILES string of the molecule is CCC(C(C)C)n1cnc2cc(-c3nc(N4CCC(CO)CC4)nc4c3ncn4C)ccc21. The van der Waals surface area contributed by atoms with Gasteiger partial charge in [0.2, 0.25) is 5.95 Å². The average Bonchev–Trinajstić information content (AvgIpc) is 3.42.